The van der Waals surface area contributed by atoms with Crippen molar-refractivity contribution in [3.8, 4) is 0 Å². The lowest BCUT2D eigenvalue weighted by Crippen LogP contribution is -2.61. The Bertz CT molecular complexity index is 1780. The first-order valence-corrected chi connectivity index (χ1v) is 21.0. The van der Waals surface area contributed by atoms with E-state index >= 15 is 0 Å². The predicted octanol–water partition coefficient (Wildman–Crippen LogP) is -2.72. The number of hydrogen-bond acceptors (Lipinski definition) is 24. The highest BCUT2D eigenvalue weighted by Crippen LogP contribution is 2.50. The summed E-state index contributed by atoms with van der Waals surface area (Å²) in [6, 6.07) is 0. The minimum Gasteiger partial charge on any atom is -0.471 e. The SMILES string of the molecule is CSC(=O)OCC1=C[C@@H](O)[C@@H]2C(C(=O)O[C@H]3[C@H](O[C@@H]4OC=C5C(=O)O[C@@H]6C=C(COC(=O)SC)[C@@H]4[C@@H]56)O[C@H](CO)[C@@H](O)[C@@H]3O)=CO[C@@H](O[C@@H]3O[C@H](CO)[C@@H](O)[C@H](O)[C@H]3O)[C@H]12. The summed E-state index contributed by atoms with van der Waals surface area (Å²) >= 11 is 1.59. The van der Waals surface area contributed by atoms with Crippen LogP contribution in [0.1, 0.15) is 0 Å². The van der Waals surface area contributed by atoms with Crippen molar-refractivity contribution in [2.45, 2.75) is 86.2 Å². The van der Waals surface area contributed by atoms with E-state index in [0.29, 0.717) is 5.57 Å². The number of rotatable bonds is 12. The molecule has 0 unspecified atom stereocenters. The van der Waals surface area contributed by atoms with E-state index in [-0.39, 0.29) is 23.3 Å². The Kier molecular flexibility index (Phi) is 13.8. The summed E-state index contributed by atoms with van der Waals surface area (Å²) in [6.45, 7) is -2.25. The van der Waals surface area contributed by atoms with Crippen LogP contribution in [0.4, 0.5) is 9.59 Å². The molecule has 0 spiro atoms. The third-order valence-electron chi connectivity index (χ3n) is 11.3. The lowest BCUT2D eigenvalue weighted by atomic mass is 9.82. The van der Waals surface area contributed by atoms with E-state index in [1.807, 2.05) is 0 Å². The van der Waals surface area contributed by atoms with Gasteiger partial charge in [-0.15, -0.1) is 0 Å². The van der Waals surface area contributed by atoms with Crippen molar-refractivity contribution in [1.29, 1.82) is 0 Å². The molecule has 22 nitrogen and oxygen atoms in total. The van der Waals surface area contributed by atoms with Gasteiger partial charge in [0, 0.05) is 11.8 Å². The molecular formula is C36H44O22S2. The zero-order valence-electron chi connectivity index (χ0n) is 31.6. The number of aliphatic hydroxyl groups excluding tert-OH is 8. The predicted molar refractivity (Wildman–Crippen MR) is 195 cm³/mol. The Morgan fingerprint density at radius 2 is 1.22 bits per heavy atom. The lowest BCUT2D eigenvalue weighted by Gasteiger charge is -2.44. The number of fused-ring (bicyclic) bond motifs is 1. The third kappa shape index (κ3) is 8.43. The molecule has 0 saturated carbocycles. The van der Waals surface area contributed by atoms with E-state index in [0.717, 1.165) is 36.0 Å². The van der Waals surface area contributed by atoms with Crippen LogP contribution in [0.5, 0.6) is 0 Å². The van der Waals surface area contributed by atoms with E-state index in [1.54, 1.807) is 6.08 Å². The Labute approximate surface area is 348 Å². The molecule has 60 heavy (non-hydrogen) atoms. The molecule has 3 saturated heterocycles. The highest BCUT2D eigenvalue weighted by atomic mass is 32.2. The number of esters is 2. The maximum atomic E-state index is 14.2. The maximum absolute atomic E-state index is 14.2. The van der Waals surface area contributed by atoms with Crippen LogP contribution >= 0.6 is 23.5 Å². The molecule has 18 atom stereocenters. The van der Waals surface area contributed by atoms with E-state index in [1.165, 1.54) is 18.6 Å². The summed E-state index contributed by atoms with van der Waals surface area (Å²) in [5, 5.41) is 83.2. The summed E-state index contributed by atoms with van der Waals surface area (Å²) in [5.74, 6) is -5.84. The summed E-state index contributed by atoms with van der Waals surface area (Å²) in [7, 11) is 0. The fourth-order valence-corrected chi connectivity index (χ4v) is 8.65. The second-order valence-electron chi connectivity index (χ2n) is 14.6. The molecule has 0 bridgehead atoms. The fourth-order valence-electron chi connectivity index (χ4n) is 8.30. The first-order chi connectivity index (χ1) is 28.7. The van der Waals surface area contributed by atoms with Crippen LogP contribution in [-0.2, 0) is 57.0 Å². The lowest BCUT2D eigenvalue weighted by molar-refractivity contribution is -0.342. The van der Waals surface area contributed by atoms with Gasteiger partial charge >= 0.3 is 22.5 Å². The average molecular weight is 893 g/mol. The number of carbonyl (C=O) groups excluding carboxylic acids is 4. The molecule has 332 valence electrons. The van der Waals surface area contributed by atoms with Crippen LogP contribution in [-0.4, -0.2) is 189 Å². The summed E-state index contributed by atoms with van der Waals surface area (Å²) in [4.78, 5) is 50.8. The van der Waals surface area contributed by atoms with Crippen molar-refractivity contribution in [2.24, 2.45) is 23.7 Å². The molecule has 3 fully saturated rings. The Morgan fingerprint density at radius 3 is 1.83 bits per heavy atom. The zero-order valence-corrected chi connectivity index (χ0v) is 33.3. The molecular weight excluding hydrogens is 849 g/mol. The van der Waals surface area contributed by atoms with Gasteiger partial charge in [0.15, 0.2) is 12.4 Å². The standard InChI is InChI=1S/C36H44O22S2/c1-59-35(47)51-7-11-3-15(39)21-13(9-49-31(19(11)21)57-33-27(44)25(42)23(40)17(5-37)54-33)30(46)56-28-26(43)24(41)18(6-38)55-34(28)58-32-20-12(8-52-36(48)60-2)4-16-22(20)14(10-50-32)29(45)53-16/h3-4,9-10,15-28,31-34,37-44H,5-8H2,1-2H3/t15-,16-,17-,18-,19-,20-,21+,22+,23-,24-,25+,26+,27-,28-,31+,32+,33+,34+/m1/s1. The van der Waals surface area contributed by atoms with Gasteiger partial charge < -0.3 is 88.2 Å². The van der Waals surface area contributed by atoms with Crippen molar-refractivity contribution in [1.82, 2.24) is 0 Å². The van der Waals surface area contributed by atoms with Crippen LogP contribution in [0.3, 0.4) is 0 Å². The summed E-state index contributed by atoms with van der Waals surface area (Å²) in [6.07, 6.45) is -14.7. The highest BCUT2D eigenvalue weighted by molar-refractivity contribution is 8.12. The van der Waals surface area contributed by atoms with Crippen LogP contribution in [0, 0.1) is 23.7 Å². The van der Waals surface area contributed by atoms with Gasteiger partial charge in [-0.3, -0.25) is 0 Å². The van der Waals surface area contributed by atoms with Gasteiger partial charge in [0.05, 0.1) is 54.8 Å². The van der Waals surface area contributed by atoms with Crippen LogP contribution in [0.15, 0.2) is 47.0 Å². The van der Waals surface area contributed by atoms with Crippen LogP contribution < -0.4 is 0 Å². The second-order valence-corrected chi connectivity index (χ2v) is 16.1. The van der Waals surface area contributed by atoms with E-state index in [9.17, 15) is 60.0 Å². The number of ether oxygens (including phenoxy) is 10. The number of hydrogen-bond donors (Lipinski definition) is 8. The van der Waals surface area contributed by atoms with Gasteiger partial charge in [-0.05, 0) is 53.3 Å². The molecule has 0 aromatic carbocycles. The summed E-state index contributed by atoms with van der Waals surface area (Å²) < 4.78 is 56.7. The van der Waals surface area contributed by atoms with Gasteiger partial charge in [-0.25, -0.2) is 19.2 Å². The van der Waals surface area contributed by atoms with E-state index in [2.05, 4.69) is 0 Å². The van der Waals surface area contributed by atoms with Gasteiger partial charge in [-0.1, -0.05) is 6.08 Å². The monoisotopic (exact) mass is 892 g/mol. The molecule has 7 rings (SSSR count). The smallest absolute Gasteiger partial charge is 0.367 e. The largest absolute Gasteiger partial charge is 0.471 e. The van der Waals surface area contributed by atoms with Gasteiger partial charge in [0.25, 0.3) is 0 Å². The minimum absolute atomic E-state index is 0.183. The molecule has 8 N–H and O–H groups in total. The van der Waals surface area contributed by atoms with E-state index < -0.39 is 152 Å². The van der Waals surface area contributed by atoms with Gasteiger partial charge in [-0.2, -0.15) is 0 Å². The molecule has 0 aromatic rings. The average Bonchev–Trinajstić information content (AvgIpc) is 3.89. The quantitative estimate of drug-likeness (QED) is 0.0561. The van der Waals surface area contributed by atoms with Gasteiger partial charge in [0.2, 0.25) is 18.9 Å². The number of carbonyl (C=O) groups is 4. The van der Waals surface area contributed by atoms with Crippen LogP contribution in [0.25, 0.3) is 0 Å². The van der Waals surface area contributed by atoms with Crippen molar-refractivity contribution in [2.75, 3.05) is 38.9 Å². The Hall–Kier alpha value is -3.34. The second kappa shape index (κ2) is 18.6. The molecule has 5 aliphatic heterocycles. The fraction of sp³-hybridized carbons (Fsp3) is 0.667. The maximum Gasteiger partial charge on any atom is 0.367 e. The number of aliphatic hydroxyl groups is 8. The molecule has 2 aliphatic carbocycles. The topological polar surface area (TPSA) is 322 Å². The number of thioether (sulfide) groups is 2. The van der Waals surface area contributed by atoms with Crippen molar-refractivity contribution < 1.29 is 107 Å². The Balaban J connectivity index is 1.14. The third-order valence-corrected chi connectivity index (χ3v) is 12.2. The molecule has 0 amide bonds. The van der Waals surface area contributed by atoms with Gasteiger partial charge in [0.1, 0.15) is 62.0 Å². The first-order valence-electron chi connectivity index (χ1n) is 18.6. The van der Waals surface area contributed by atoms with E-state index in [4.69, 9.17) is 47.4 Å². The van der Waals surface area contributed by atoms with Crippen molar-refractivity contribution in [3.63, 3.8) is 0 Å². The summed E-state index contributed by atoms with van der Waals surface area (Å²) in [5.41, 5.74) is 0.458. The Morgan fingerprint density at radius 1 is 0.667 bits per heavy atom. The molecule has 0 radical (unpaired) electrons. The van der Waals surface area contributed by atoms with Crippen molar-refractivity contribution >= 4 is 46.1 Å². The highest BCUT2D eigenvalue weighted by Gasteiger charge is 2.58. The molecule has 0 aromatic heterocycles. The molecule has 5 heterocycles. The zero-order chi connectivity index (χ0) is 43.2. The minimum atomic E-state index is -1.97. The molecule has 7 aliphatic rings. The molecule has 24 heteroatoms. The van der Waals surface area contributed by atoms with Crippen LogP contribution in [0.2, 0.25) is 0 Å². The van der Waals surface area contributed by atoms with Crippen molar-refractivity contribution in [3.05, 3.63) is 47.0 Å². The normalized spacial score (nSPS) is 41.6. The first kappa shape index (κ1) is 44.7.